The molecule has 3 aliphatic heterocycles. The molecule has 7 amide bonds. The van der Waals surface area contributed by atoms with Crippen LogP contribution in [0, 0.1) is 0 Å². The lowest BCUT2D eigenvalue weighted by molar-refractivity contribution is -0.164. The Morgan fingerprint density at radius 1 is 0.945 bits per heavy atom. The second-order valence-corrected chi connectivity index (χ2v) is 13.9. The number of benzene rings is 3. The average molecular weight is 791 g/mol. The molecule has 0 saturated carbocycles. The summed E-state index contributed by atoms with van der Waals surface area (Å²) in [7, 11) is 0. The van der Waals surface area contributed by atoms with Gasteiger partial charge in [0.05, 0.1) is 0 Å². The number of likely N-dealkylation sites (N-methyl/N-ethyl adjacent to an activating group) is 1. The predicted molar refractivity (Wildman–Crippen MR) is 197 cm³/mol. The quantitative estimate of drug-likeness (QED) is 0.0340. The number of alkyl halides is 1. The van der Waals surface area contributed by atoms with Crippen molar-refractivity contribution in [2.75, 3.05) is 31.3 Å². The van der Waals surface area contributed by atoms with Crippen molar-refractivity contribution in [1.82, 2.24) is 30.7 Å². The van der Waals surface area contributed by atoms with Crippen molar-refractivity contribution in [1.29, 1.82) is 0 Å². The summed E-state index contributed by atoms with van der Waals surface area (Å²) < 4.78 is 6.07. The van der Waals surface area contributed by atoms with Gasteiger partial charge in [0, 0.05) is 31.3 Å². The van der Waals surface area contributed by atoms with E-state index in [9.17, 15) is 43.8 Å². The average Bonchev–Trinajstić information content (AvgIpc) is 3.20. The third kappa shape index (κ3) is 7.27. The number of aromatic hydroxyl groups is 2. The number of ether oxygens (including phenoxy) is 1. The Bertz CT molecular complexity index is 2030. The molecule has 3 aromatic rings. The van der Waals surface area contributed by atoms with Crippen LogP contribution in [0.5, 0.6) is 11.5 Å². The number of rotatable bonds is 12. The van der Waals surface area contributed by atoms with E-state index in [4.69, 9.17) is 16.3 Å². The summed E-state index contributed by atoms with van der Waals surface area (Å²) in [5, 5.41) is 26.3. The second-order valence-electron chi connectivity index (χ2n) is 12.6. The van der Waals surface area contributed by atoms with Crippen LogP contribution in [0.15, 0.2) is 90.1 Å². The van der Waals surface area contributed by atoms with Gasteiger partial charge in [-0.25, -0.2) is 9.59 Å². The molecule has 2 saturated heterocycles. The van der Waals surface area contributed by atoms with Gasteiger partial charge < -0.3 is 35.8 Å². The number of amides is 7. The first-order valence-electron chi connectivity index (χ1n) is 17.0. The summed E-state index contributed by atoms with van der Waals surface area (Å²) in [6, 6.07) is 18.2. The van der Waals surface area contributed by atoms with Gasteiger partial charge in [0.1, 0.15) is 17.1 Å². The molecule has 3 atom stereocenters. The van der Waals surface area contributed by atoms with Crippen molar-refractivity contribution in [2.24, 2.45) is 0 Å². The van der Waals surface area contributed by atoms with Gasteiger partial charge in [0.15, 0.2) is 17.6 Å². The first kappa shape index (κ1) is 38.6. The van der Waals surface area contributed by atoms with Crippen molar-refractivity contribution < 1.29 is 48.5 Å². The van der Waals surface area contributed by atoms with Crippen LogP contribution in [-0.2, 0) is 33.5 Å². The summed E-state index contributed by atoms with van der Waals surface area (Å²) in [4.78, 5) is 96.3. The summed E-state index contributed by atoms with van der Waals surface area (Å²) in [6.07, 6.45) is -0.688. The number of fused-ring (bicyclic) bond motifs is 1. The van der Waals surface area contributed by atoms with Crippen LogP contribution in [0.25, 0.3) is 0 Å². The van der Waals surface area contributed by atoms with Crippen LogP contribution in [0.1, 0.15) is 35.8 Å². The van der Waals surface area contributed by atoms with Gasteiger partial charge in [-0.1, -0.05) is 66.7 Å². The van der Waals surface area contributed by atoms with Crippen LogP contribution in [0.3, 0.4) is 0 Å². The molecule has 5 N–H and O–H groups in total. The van der Waals surface area contributed by atoms with E-state index in [1.54, 1.807) is 55.5 Å². The molecule has 0 spiro atoms. The molecule has 18 heteroatoms. The van der Waals surface area contributed by atoms with E-state index >= 15 is 0 Å². The fourth-order valence-electron chi connectivity index (χ4n) is 6.49. The molecule has 0 unspecified atom stereocenters. The molecule has 2 fully saturated rings. The van der Waals surface area contributed by atoms with Gasteiger partial charge in [-0.2, -0.15) is 0 Å². The largest absolute Gasteiger partial charge is 0.504 e. The van der Waals surface area contributed by atoms with Crippen molar-refractivity contribution in [3.63, 3.8) is 0 Å². The lowest BCUT2D eigenvalue weighted by Crippen LogP contribution is -2.85. The topological polar surface area (TPSA) is 215 Å². The monoisotopic (exact) mass is 790 g/mol. The number of esters is 1. The van der Waals surface area contributed by atoms with Crippen LogP contribution >= 0.6 is 23.4 Å². The lowest BCUT2D eigenvalue weighted by atomic mass is 9.94. The molecule has 3 aromatic carbocycles. The van der Waals surface area contributed by atoms with Gasteiger partial charge in [-0.3, -0.25) is 33.8 Å². The number of phenols is 2. The predicted octanol–water partition coefficient (Wildman–Crippen LogP) is 1.84. The Morgan fingerprint density at radius 3 is 2.18 bits per heavy atom. The zero-order chi connectivity index (χ0) is 39.4. The van der Waals surface area contributed by atoms with Gasteiger partial charge in [0.25, 0.3) is 5.91 Å². The number of nitrogens with zero attached hydrogens (tertiary/aromatic N) is 3. The molecular weight excluding hydrogens is 756 g/mol. The van der Waals surface area contributed by atoms with E-state index in [0.29, 0.717) is 21.6 Å². The minimum absolute atomic E-state index is 0.0426. The number of carbonyl (C=O) groups excluding carboxylic acids is 7. The van der Waals surface area contributed by atoms with Gasteiger partial charge >= 0.3 is 23.8 Å². The highest BCUT2D eigenvalue weighted by molar-refractivity contribution is 8.00. The van der Waals surface area contributed by atoms with E-state index < -0.39 is 70.3 Å². The Labute approximate surface area is 323 Å². The van der Waals surface area contributed by atoms with Gasteiger partial charge in [0.2, 0.25) is 18.0 Å². The zero-order valence-corrected chi connectivity index (χ0v) is 30.7. The zero-order valence-electron chi connectivity index (χ0n) is 29.1. The maximum absolute atomic E-state index is 14.2. The number of phenolic OH excluding ortho intramolecular Hbond substituents is 2. The maximum atomic E-state index is 14.2. The standard InChI is InChI=1S/C37H35ClN6O10S/c1-2-42-15-16-43(32(50)31(42)49)36(53)40-27(23-13-14-25(46)26(47)17-23)30(48)41-37(39-20-45)34(52)44-28(24(18-38)19-55-35(37)44)33(51)54-29(21-9-5-3-6-10-21)22-11-7-4-8-12-22/h3-14,17,20,27,29,35,46-47H,2,15-16,18-19H2,1H3,(H,39,45)(H,40,53)(H,41,48)/t27-,35-,37-/m1/s1. The van der Waals surface area contributed by atoms with E-state index in [-0.39, 0.29) is 48.9 Å². The number of β-lactam (4-membered cyclic amide) rings is 1. The molecular formula is C37H35ClN6O10S. The summed E-state index contributed by atoms with van der Waals surface area (Å²) in [5.74, 6) is -6.25. The number of nitrogens with one attached hydrogen (secondary N) is 3. The van der Waals surface area contributed by atoms with Crippen LogP contribution in [0.4, 0.5) is 4.79 Å². The Hall–Kier alpha value is -6.07. The van der Waals surface area contributed by atoms with E-state index in [1.807, 2.05) is 12.1 Å². The normalized spacial score (nSPS) is 20.0. The number of halogens is 1. The minimum atomic E-state index is -2.17. The highest BCUT2D eigenvalue weighted by Crippen LogP contribution is 2.46. The van der Waals surface area contributed by atoms with E-state index in [1.165, 1.54) is 11.0 Å². The summed E-state index contributed by atoms with van der Waals surface area (Å²) in [5.41, 5.74) is -0.772. The third-order valence-electron chi connectivity index (χ3n) is 9.34. The van der Waals surface area contributed by atoms with Crippen LogP contribution < -0.4 is 16.0 Å². The minimum Gasteiger partial charge on any atom is -0.504 e. The SMILES string of the molecule is CCN1CCN(C(=O)N[C@@H](C(=O)N[C@]2(NC=O)C(=O)N3C(C(=O)OC(c4ccccc4)c4ccccc4)=C(CCl)CS[C@@H]32)c2ccc(O)c(O)c2)C(=O)C1=O. The number of hydrogen-bond donors (Lipinski definition) is 5. The van der Waals surface area contributed by atoms with Crippen LogP contribution in [-0.4, -0.2) is 109 Å². The fraction of sp³-hybridized carbons (Fsp3) is 0.270. The molecule has 0 radical (unpaired) electrons. The summed E-state index contributed by atoms with van der Waals surface area (Å²) in [6.45, 7) is 1.75. The molecule has 6 rings (SSSR count). The first-order valence-corrected chi connectivity index (χ1v) is 18.5. The number of urea groups is 1. The third-order valence-corrected chi connectivity index (χ3v) is 11.1. The molecule has 16 nitrogen and oxygen atoms in total. The Morgan fingerprint density at radius 2 is 1.60 bits per heavy atom. The lowest BCUT2D eigenvalue weighted by Gasteiger charge is -2.56. The van der Waals surface area contributed by atoms with Crippen molar-refractivity contribution in [3.05, 3.63) is 107 Å². The molecule has 0 aromatic heterocycles. The number of carbonyl (C=O) groups is 7. The Balaban J connectivity index is 1.29. The van der Waals surface area contributed by atoms with E-state index in [0.717, 1.165) is 28.8 Å². The number of hydrogen-bond acceptors (Lipinski definition) is 11. The first-order chi connectivity index (χ1) is 26.4. The van der Waals surface area contributed by atoms with Crippen molar-refractivity contribution in [3.8, 4) is 11.5 Å². The van der Waals surface area contributed by atoms with Gasteiger partial charge in [-0.05, 0) is 41.3 Å². The van der Waals surface area contributed by atoms with E-state index in [2.05, 4.69) is 16.0 Å². The van der Waals surface area contributed by atoms with Crippen molar-refractivity contribution in [2.45, 2.75) is 30.1 Å². The number of imide groups is 1. The van der Waals surface area contributed by atoms with Gasteiger partial charge in [-0.15, -0.1) is 23.4 Å². The maximum Gasteiger partial charge on any atom is 0.356 e. The molecule has 55 heavy (non-hydrogen) atoms. The number of thioether (sulfide) groups is 1. The second kappa shape index (κ2) is 16.1. The molecule has 0 bridgehead atoms. The highest BCUT2D eigenvalue weighted by Gasteiger charge is 2.66. The smallest absolute Gasteiger partial charge is 0.356 e. The van der Waals surface area contributed by atoms with Crippen LogP contribution in [0.2, 0.25) is 0 Å². The molecule has 0 aliphatic carbocycles. The van der Waals surface area contributed by atoms with Crippen molar-refractivity contribution >= 4 is 65.4 Å². The highest BCUT2D eigenvalue weighted by atomic mass is 35.5. The molecule has 286 valence electrons. The fourth-order valence-corrected chi connectivity index (χ4v) is 8.25. The number of piperazine rings is 1. The molecule has 3 aliphatic rings. The molecule has 3 heterocycles. The Kier molecular flexibility index (Phi) is 11.3. The summed E-state index contributed by atoms with van der Waals surface area (Å²) >= 11 is 7.37.